The van der Waals surface area contributed by atoms with Crippen LogP contribution in [0.1, 0.15) is 62.2 Å². The van der Waals surface area contributed by atoms with E-state index >= 15 is 0 Å². The Morgan fingerprint density at radius 2 is 1.71 bits per heavy atom. The topological polar surface area (TPSA) is 72.5 Å². The van der Waals surface area contributed by atoms with Crippen molar-refractivity contribution in [2.75, 3.05) is 11.9 Å². The first-order chi connectivity index (χ1) is 13.3. The van der Waals surface area contributed by atoms with Gasteiger partial charge >= 0.3 is 5.97 Å². The van der Waals surface area contributed by atoms with Crippen LogP contribution in [0.3, 0.4) is 0 Å². The van der Waals surface area contributed by atoms with Gasteiger partial charge in [0.2, 0.25) is 11.7 Å². The van der Waals surface area contributed by atoms with E-state index in [-0.39, 0.29) is 28.5 Å². The first-order valence-electron chi connectivity index (χ1n) is 10.1. The molecule has 0 spiro atoms. The van der Waals surface area contributed by atoms with Crippen molar-refractivity contribution < 1.29 is 23.5 Å². The van der Waals surface area contributed by atoms with Gasteiger partial charge in [-0.15, -0.1) is 0 Å². The Labute approximate surface area is 164 Å². The molecule has 1 amide bonds. The Morgan fingerprint density at radius 1 is 1.11 bits per heavy atom. The number of ketones is 1. The number of hydrogen-bond donors (Lipinski definition) is 1. The quantitative estimate of drug-likeness (QED) is 0.589. The number of anilines is 1. The van der Waals surface area contributed by atoms with Crippen LogP contribution in [-0.4, -0.2) is 24.3 Å². The molecule has 4 aliphatic rings. The van der Waals surface area contributed by atoms with E-state index in [1.807, 2.05) is 0 Å². The summed E-state index contributed by atoms with van der Waals surface area (Å²) in [5, 5.41) is 2.46. The largest absolute Gasteiger partial charge is 0.457 e. The average Bonchev–Trinajstić information content (AvgIpc) is 2.57. The van der Waals surface area contributed by atoms with E-state index in [1.54, 1.807) is 0 Å². The second-order valence-electron chi connectivity index (χ2n) is 9.05. The van der Waals surface area contributed by atoms with Gasteiger partial charge in [0.15, 0.2) is 6.61 Å². The second-order valence-corrected chi connectivity index (χ2v) is 9.05. The zero-order valence-electron chi connectivity index (χ0n) is 16.1. The number of carbonyl (C=O) groups excluding carboxylic acids is 3. The highest BCUT2D eigenvalue weighted by atomic mass is 19.1. The third-order valence-corrected chi connectivity index (χ3v) is 6.64. The summed E-state index contributed by atoms with van der Waals surface area (Å²) < 4.78 is 19.4. The zero-order valence-corrected chi connectivity index (χ0v) is 16.1. The van der Waals surface area contributed by atoms with Crippen molar-refractivity contribution in [3.8, 4) is 0 Å². The summed E-state index contributed by atoms with van der Waals surface area (Å²) in [5.74, 6) is 0.243. The van der Waals surface area contributed by atoms with E-state index in [0.717, 1.165) is 43.1 Å². The Morgan fingerprint density at radius 3 is 2.25 bits per heavy atom. The Hall–Kier alpha value is -2.24. The monoisotopic (exact) mass is 387 g/mol. The number of carbonyl (C=O) groups is 3. The summed E-state index contributed by atoms with van der Waals surface area (Å²) in [4.78, 5) is 35.7. The molecule has 5 rings (SSSR count). The normalized spacial score (nSPS) is 30.1. The van der Waals surface area contributed by atoms with Gasteiger partial charge < -0.3 is 10.1 Å². The van der Waals surface area contributed by atoms with Crippen molar-refractivity contribution in [1.82, 2.24) is 0 Å². The maximum atomic E-state index is 14.1. The molecule has 0 saturated heterocycles. The smallest absolute Gasteiger partial charge is 0.306 e. The average molecular weight is 387 g/mol. The molecular formula is C22H26FNO4. The van der Waals surface area contributed by atoms with Gasteiger partial charge in [0, 0.05) is 12.6 Å². The van der Waals surface area contributed by atoms with Crippen LogP contribution in [0.25, 0.3) is 0 Å². The minimum Gasteiger partial charge on any atom is -0.457 e. The molecule has 4 fully saturated rings. The van der Waals surface area contributed by atoms with Crippen molar-refractivity contribution in [2.45, 2.75) is 51.9 Å². The van der Waals surface area contributed by atoms with Crippen LogP contribution in [0, 0.1) is 29.0 Å². The highest BCUT2D eigenvalue weighted by molar-refractivity contribution is 5.99. The molecular weight excluding hydrogens is 361 g/mol. The molecule has 0 unspecified atom stereocenters. The van der Waals surface area contributed by atoms with Crippen LogP contribution in [0.15, 0.2) is 18.2 Å². The number of benzene rings is 1. The van der Waals surface area contributed by atoms with Crippen molar-refractivity contribution >= 4 is 23.3 Å². The lowest BCUT2D eigenvalue weighted by molar-refractivity contribution is -0.150. The SMILES string of the molecule is CC(=O)Nc1ccc(C(=O)COC(=O)CC23CC4CC(CC(C4)C2)C3)c(F)c1. The summed E-state index contributed by atoms with van der Waals surface area (Å²) in [6.07, 6.45) is 7.58. The van der Waals surface area contributed by atoms with E-state index in [2.05, 4.69) is 5.32 Å². The lowest BCUT2D eigenvalue weighted by atomic mass is 9.49. The molecule has 0 aliphatic heterocycles. The summed E-state index contributed by atoms with van der Waals surface area (Å²) in [6.45, 7) is 0.863. The van der Waals surface area contributed by atoms with E-state index < -0.39 is 18.2 Å². The second kappa shape index (κ2) is 7.30. The molecule has 4 bridgehead atoms. The van der Waals surface area contributed by atoms with Crippen LogP contribution < -0.4 is 5.32 Å². The molecule has 0 aromatic heterocycles. The van der Waals surface area contributed by atoms with Crippen molar-refractivity contribution in [3.63, 3.8) is 0 Å². The van der Waals surface area contributed by atoms with Gasteiger partial charge in [0.05, 0.1) is 12.0 Å². The number of halogens is 1. The highest BCUT2D eigenvalue weighted by Crippen LogP contribution is 2.61. The van der Waals surface area contributed by atoms with E-state index in [1.165, 1.54) is 38.3 Å². The molecule has 150 valence electrons. The first-order valence-corrected chi connectivity index (χ1v) is 10.1. The summed E-state index contributed by atoms with van der Waals surface area (Å²) in [7, 11) is 0. The Balaban J connectivity index is 1.32. The minimum atomic E-state index is -0.742. The standard InChI is InChI=1S/C22H26FNO4/c1-13(25)24-17-2-3-18(19(23)7-17)20(26)12-28-21(27)11-22-8-14-4-15(9-22)6-16(5-14)10-22/h2-3,7,14-16H,4-6,8-12H2,1H3,(H,24,25). The Kier molecular flexibility index (Phi) is 4.98. The zero-order chi connectivity index (χ0) is 19.9. The number of amides is 1. The van der Waals surface area contributed by atoms with Gasteiger partial charge in [-0.3, -0.25) is 14.4 Å². The van der Waals surface area contributed by atoms with E-state index in [9.17, 15) is 18.8 Å². The van der Waals surface area contributed by atoms with Crippen LogP contribution in [-0.2, 0) is 14.3 Å². The maximum absolute atomic E-state index is 14.1. The van der Waals surface area contributed by atoms with Crippen LogP contribution >= 0.6 is 0 Å². The molecule has 1 aromatic rings. The predicted octanol–water partition coefficient (Wildman–Crippen LogP) is 4.12. The fourth-order valence-electron chi connectivity index (χ4n) is 6.11. The number of nitrogens with one attached hydrogen (secondary N) is 1. The molecule has 0 radical (unpaired) electrons. The summed E-state index contributed by atoms with van der Waals surface area (Å²) in [5.41, 5.74) is 0.192. The van der Waals surface area contributed by atoms with Crippen LogP contribution in [0.5, 0.6) is 0 Å². The minimum absolute atomic E-state index is 0.0557. The van der Waals surface area contributed by atoms with Gasteiger partial charge in [-0.2, -0.15) is 0 Å². The number of hydrogen-bond acceptors (Lipinski definition) is 4. The number of esters is 1. The van der Waals surface area contributed by atoms with Crippen molar-refractivity contribution in [2.24, 2.45) is 23.2 Å². The number of ether oxygens (including phenoxy) is 1. The summed E-state index contributed by atoms with van der Waals surface area (Å²) in [6, 6.07) is 3.84. The van der Waals surface area contributed by atoms with Crippen molar-refractivity contribution in [3.05, 3.63) is 29.6 Å². The van der Waals surface area contributed by atoms with Gasteiger partial charge in [-0.1, -0.05) is 0 Å². The van der Waals surface area contributed by atoms with Gasteiger partial charge in [0.25, 0.3) is 0 Å². The lowest BCUT2D eigenvalue weighted by Gasteiger charge is -2.56. The fraction of sp³-hybridized carbons (Fsp3) is 0.591. The molecule has 4 saturated carbocycles. The predicted molar refractivity (Wildman–Crippen MR) is 101 cm³/mol. The first kappa shape index (κ1) is 19.1. The van der Waals surface area contributed by atoms with Crippen molar-refractivity contribution in [1.29, 1.82) is 0 Å². The van der Waals surface area contributed by atoms with E-state index in [4.69, 9.17) is 4.74 Å². The number of Topliss-reactive ketones (excluding diaryl/α,β-unsaturated/α-hetero) is 1. The highest BCUT2D eigenvalue weighted by Gasteiger charge is 2.51. The van der Waals surface area contributed by atoms with E-state index in [0.29, 0.717) is 6.42 Å². The summed E-state index contributed by atoms with van der Waals surface area (Å²) >= 11 is 0. The third kappa shape index (κ3) is 3.96. The molecule has 1 N–H and O–H groups in total. The molecule has 4 aliphatic carbocycles. The van der Waals surface area contributed by atoms with Gasteiger partial charge in [-0.05, 0) is 79.9 Å². The molecule has 0 heterocycles. The van der Waals surface area contributed by atoms with Gasteiger partial charge in [-0.25, -0.2) is 4.39 Å². The molecule has 0 atom stereocenters. The molecule has 1 aromatic carbocycles. The van der Waals surface area contributed by atoms with Gasteiger partial charge in [0.1, 0.15) is 5.82 Å². The van der Waals surface area contributed by atoms with Crippen LogP contribution in [0.4, 0.5) is 10.1 Å². The van der Waals surface area contributed by atoms with Crippen LogP contribution in [0.2, 0.25) is 0 Å². The number of rotatable bonds is 6. The molecule has 6 heteroatoms. The molecule has 28 heavy (non-hydrogen) atoms. The maximum Gasteiger partial charge on any atom is 0.306 e. The molecule has 5 nitrogen and oxygen atoms in total. The fourth-order valence-corrected chi connectivity index (χ4v) is 6.11. The Bertz CT molecular complexity index is 783. The lowest BCUT2D eigenvalue weighted by Crippen LogP contribution is -2.47. The third-order valence-electron chi connectivity index (χ3n) is 6.64.